The maximum Gasteiger partial charge on any atom is 0.270 e. The summed E-state index contributed by atoms with van der Waals surface area (Å²) in [4.78, 5) is 24.2. The summed E-state index contributed by atoms with van der Waals surface area (Å²) in [7, 11) is 0. The van der Waals surface area contributed by atoms with Crippen molar-refractivity contribution in [2.75, 3.05) is 0 Å². The zero-order chi connectivity index (χ0) is 11.9. The zero-order valence-electron chi connectivity index (χ0n) is 8.90. The molecule has 82 valence electrons. The molecule has 0 spiro atoms. The van der Waals surface area contributed by atoms with Gasteiger partial charge in [-0.2, -0.15) is 0 Å². The summed E-state index contributed by atoms with van der Waals surface area (Å²) < 4.78 is 0. The first kappa shape index (κ1) is 10.4. The predicted octanol–water partition coefficient (Wildman–Crippen LogP) is 2.05. The number of nitro benzene ring substituents is 1. The molecule has 0 amide bonds. The van der Waals surface area contributed by atoms with Crippen molar-refractivity contribution in [1.29, 1.82) is 0 Å². The van der Waals surface area contributed by atoms with Gasteiger partial charge in [-0.05, 0) is 25.0 Å². The minimum Gasteiger partial charge on any atom is -0.322 e. The van der Waals surface area contributed by atoms with E-state index in [9.17, 15) is 14.9 Å². The first-order chi connectivity index (χ1) is 7.49. The van der Waals surface area contributed by atoms with Crippen LogP contribution in [0.1, 0.15) is 11.1 Å². The van der Waals surface area contributed by atoms with E-state index in [1.807, 2.05) is 0 Å². The molecule has 0 fully saturated rings. The van der Waals surface area contributed by atoms with Crippen LogP contribution in [-0.2, 0) is 0 Å². The van der Waals surface area contributed by atoms with Gasteiger partial charge in [-0.25, -0.2) is 0 Å². The Hall–Kier alpha value is -2.17. The van der Waals surface area contributed by atoms with Gasteiger partial charge in [-0.1, -0.05) is 0 Å². The number of aromatic amines is 1. The summed E-state index contributed by atoms with van der Waals surface area (Å²) >= 11 is 0. The highest BCUT2D eigenvalue weighted by atomic mass is 16.6. The highest BCUT2D eigenvalue weighted by molar-refractivity contribution is 5.86. The molecule has 2 rings (SSSR count). The molecule has 1 heterocycles. The number of fused-ring (bicyclic) bond motifs is 1. The molecule has 16 heavy (non-hydrogen) atoms. The molecule has 5 nitrogen and oxygen atoms in total. The van der Waals surface area contributed by atoms with Crippen LogP contribution in [0.3, 0.4) is 0 Å². The lowest BCUT2D eigenvalue weighted by molar-refractivity contribution is -0.384. The van der Waals surface area contributed by atoms with Crippen LogP contribution in [0.25, 0.3) is 10.9 Å². The fourth-order valence-corrected chi connectivity index (χ4v) is 1.78. The standard InChI is InChI=1S/C11H10N2O3/c1-6-4-10(14)12-11-7(2)3-8(13(15)16)5-9(6)11/h3-5H,1-2H3,(H,12,14). The van der Waals surface area contributed by atoms with Crippen LogP contribution in [0.15, 0.2) is 23.0 Å². The molecule has 5 heteroatoms. The molecule has 0 aliphatic carbocycles. The second-order valence-corrected chi connectivity index (χ2v) is 3.76. The van der Waals surface area contributed by atoms with Crippen LogP contribution in [-0.4, -0.2) is 9.91 Å². The SMILES string of the molecule is Cc1cc(=O)[nH]c2c(C)cc([N+](=O)[O-])cc12. The number of hydrogen-bond donors (Lipinski definition) is 1. The van der Waals surface area contributed by atoms with Crippen molar-refractivity contribution in [2.24, 2.45) is 0 Å². The zero-order valence-corrected chi connectivity index (χ0v) is 8.90. The molecular formula is C11H10N2O3. The molecule has 0 atom stereocenters. The number of H-pyrrole nitrogens is 1. The van der Waals surface area contributed by atoms with Crippen molar-refractivity contribution in [1.82, 2.24) is 4.98 Å². The number of aromatic nitrogens is 1. The second kappa shape index (κ2) is 3.44. The monoisotopic (exact) mass is 218 g/mol. The van der Waals surface area contributed by atoms with E-state index in [-0.39, 0.29) is 11.2 Å². The maximum atomic E-state index is 11.3. The van der Waals surface area contributed by atoms with E-state index in [0.29, 0.717) is 16.5 Å². The summed E-state index contributed by atoms with van der Waals surface area (Å²) in [5, 5.41) is 11.4. The Bertz CT molecular complexity index is 643. The number of nitrogens with zero attached hydrogens (tertiary/aromatic N) is 1. The first-order valence-electron chi connectivity index (χ1n) is 4.77. The van der Waals surface area contributed by atoms with Crippen LogP contribution >= 0.6 is 0 Å². The lowest BCUT2D eigenvalue weighted by atomic mass is 10.1. The van der Waals surface area contributed by atoms with Gasteiger partial charge in [0.15, 0.2) is 0 Å². The number of rotatable bonds is 1. The Morgan fingerprint density at radius 1 is 1.19 bits per heavy atom. The van der Waals surface area contributed by atoms with E-state index in [1.165, 1.54) is 18.2 Å². The summed E-state index contributed by atoms with van der Waals surface area (Å²) in [6, 6.07) is 4.37. The van der Waals surface area contributed by atoms with Crippen molar-refractivity contribution in [3.8, 4) is 0 Å². The van der Waals surface area contributed by atoms with Gasteiger partial charge in [0, 0.05) is 23.6 Å². The van der Waals surface area contributed by atoms with Gasteiger partial charge in [0.1, 0.15) is 0 Å². The molecule has 1 N–H and O–H groups in total. The molecule has 0 bridgehead atoms. The van der Waals surface area contributed by atoms with Gasteiger partial charge in [0.05, 0.1) is 10.4 Å². The van der Waals surface area contributed by atoms with E-state index in [0.717, 1.165) is 5.56 Å². The Kier molecular flexibility index (Phi) is 2.23. The van der Waals surface area contributed by atoms with Crippen molar-refractivity contribution in [3.63, 3.8) is 0 Å². The average Bonchev–Trinajstić information content (AvgIpc) is 2.19. The smallest absolute Gasteiger partial charge is 0.270 e. The fraction of sp³-hybridized carbons (Fsp3) is 0.182. The van der Waals surface area contributed by atoms with Gasteiger partial charge < -0.3 is 4.98 Å². The van der Waals surface area contributed by atoms with E-state index in [1.54, 1.807) is 13.8 Å². The maximum absolute atomic E-state index is 11.3. The van der Waals surface area contributed by atoms with Crippen molar-refractivity contribution >= 4 is 16.6 Å². The third-order valence-electron chi connectivity index (χ3n) is 2.55. The van der Waals surface area contributed by atoms with Crippen LogP contribution in [0, 0.1) is 24.0 Å². The van der Waals surface area contributed by atoms with E-state index < -0.39 is 4.92 Å². The molecule has 2 aromatic rings. The summed E-state index contributed by atoms with van der Waals surface area (Å²) in [6.45, 7) is 3.51. The number of pyridine rings is 1. The van der Waals surface area contributed by atoms with Crippen LogP contribution in [0.5, 0.6) is 0 Å². The number of non-ortho nitro benzene ring substituents is 1. The summed E-state index contributed by atoms with van der Waals surface area (Å²) in [5.41, 5.74) is 1.95. The van der Waals surface area contributed by atoms with Crippen LogP contribution in [0.4, 0.5) is 5.69 Å². The second-order valence-electron chi connectivity index (χ2n) is 3.76. The lowest BCUT2D eigenvalue weighted by Crippen LogP contribution is -2.06. The normalized spacial score (nSPS) is 10.6. The van der Waals surface area contributed by atoms with Gasteiger partial charge in [-0.15, -0.1) is 0 Å². The molecule has 1 aromatic heterocycles. The third-order valence-corrected chi connectivity index (χ3v) is 2.55. The van der Waals surface area contributed by atoms with Crippen LogP contribution in [0.2, 0.25) is 0 Å². The number of nitrogens with one attached hydrogen (secondary N) is 1. The van der Waals surface area contributed by atoms with Crippen LogP contribution < -0.4 is 5.56 Å². The summed E-state index contributed by atoms with van der Waals surface area (Å²) in [5.74, 6) is 0. The molecule has 0 unspecified atom stereocenters. The lowest BCUT2D eigenvalue weighted by Gasteiger charge is -2.04. The topological polar surface area (TPSA) is 76.0 Å². The third kappa shape index (κ3) is 1.56. The number of nitro groups is 1. The Morgan fingerprint density at radius 3 is 2.50 bits per heavy atom. The Morgan fingerprint density at radius 2 is 1.88 bits per heavy atom. The quantitative estimate of drug-likeness (QED) is 0.587. The number of hydrogen-bond acceptors (Lipinski definition) is 3. The molecule has 0 aliphatic rings. The molecule has 0 radical (unpaired) electrons. The van der Waals surface area contributed by atoms with Crippen molar-refractivity contribution < 1.29 is 4.92 Å². The fourth-order valence-electron chi connectivity index (χ4n) is 1.78. The highest BCUT2D eigenvalue weighted by Gasteiger charge is 2.11. The first-order valence-corrected chi connectivity index (χ1v) is 4.77. The number of benzene rings is 1. The predicted molar refractivity (Wildman–Crippen MR) is 60.7 cm³/mol. The van der Waals surface area contributed by atoms with Gasteiger partial charge in [-0.3, -0.25) is 14.9 Å². The minimum absolute atomic E-state index is 0.0418. The van der Waals surface area contributed by atoms with Gasteiger partial charge >= 0.3 is 0 Å². The average molecular weight is 218 g/mol. The van der Waals surface area contributed by atoms with Gasteiger partial charge in [0.25, 0.3) is 5.69 Å². The minimum atomic E-state index is -0.434. The van der Waals surface area contributed by atoms with E-state index in [4.69, 9.17) is 0 Å². The molecule has 0 saturated carbocycles. The Balaban J connectivity index is 2.92. The largest absolute Gasteiger partial charge is 0.322 e. The summed E-state index contributed by atoms with van der Waals surface area (Å²) in [6.07, 6.45) is 0. The molecular weight excluding hydrogens is 208 g/mol. The van der Waals surface area contributed by atoms with Crippen molar-refractivity contribution in [2.45, 2.75) is 13.8 Å². The molecule has 0 saturated heterocycles. The van der Waals surface area contributed by atoms with Gasteiger partial charge in [0.2, 0.25) is 5.56 Å². The Labute approximate surface area is 90.9 Å². The van der Waals surface area contributed by atoms with E-state index in [2.05, 4.69) is 4.98 Å². The van der Waals surface area contributed by atoms with Crippen molar-refractivity contribution in [3.05, 3.63) is 49.8 Å². The molecule has 1 aromatic carbocycles. The highest BCUT2D eigenvalue weighted by Crippen LogP contribution is 2.24. The number of aryl methyl sites for hydroxylation is 2. The molecule has 0 aliphatic heterocycles. The van der Waals surface area contributed by atoms with E-state index >= 15 is 0 Å².